The number of benzene rings is 2. The van der Waals surface area contributed by atoms with E-state index in [0.717, 1.165) is 17.8 Å². The molecule has 1 aliphatic rings. The molecule has 0 saturated heterocycles. The molecule has 0 atom stereocenters. The molecule has 0 radical (unpaired) electrons. The van der Waals surface area contributed by atoms with Gasteiger partial charge in [0.05, 0.1) is 22.6 Å². The fraction of sp³-hybridized carbons (Fsp3) is 0.333. The van der Waals surface area contributed by atoms with E-state index in [1.165, 1.54) is 6.07 Å². The van der Waals surface area contributed by atoms with Gasteiger partial charge >= 0.3 is 17.6 Å². The number of nitrogens with zero attached hydrogens (tertiary/aromatic N) is 1. The van der Waals surface area contributed by atoms with Crippen LogP contribution in [0.3, 0.4) is 0 Å². The standard InChI is InChI=1S/C24H22F6N2O3S/c1-13(2)11-34-19-8-14(9-20-21(31-3)32-22(33)36-20)4-7-18(19)35-12-15-5-6-16(23(25,26)27)10-17(15)24(28,29)30/h4-10,13H,11-12H2,1-3H3,(H,31,32,33)/b20-9-. The number of likely N-dealkylation sites (N-methyl/N-ethyl adjacent to an activating group) is 1. The summed E-state index contributed by atoms with van der Waals surface area (Å²) in [6.07, 6.45) is -8.23. The van der Waals surface area contributed by atoms with Gasteiger partial charge in [-0.2, -0.15) is 31.3 Å². The van der Waals surface area contributed by atoms with Crippen molar-refractivity contribution in [3.05, 3.63) is 63.6 Å². The molecule has 0 fully saturated rings. The highest BCUT2D eigenvalue weighted by Gasteiger charge is 2.38. The second-order valence-corrected chi connectivity index (χ2v) is 9.15. The molecular weight excluding hydrogens is 510 g/mol. The smallest absolute Gasteiger partial charge is 0.416 e. The van der Waals surface area contributed by atoms with Crippen molar-refractivity contribution in [2.75, 3.05) is 13.7 Å². The van der Waals surface area contributed by atoms with Crippen LogP contribution in [0.5, 0.6) is 11.5 Å². The predicted molar refractivity (Wildman–Crippen MR) is 125 cm³/mol. The van der Waals surface area contributed by atoms with Crippen molar-refractivity contribution in [2.45, 2.75) is 32.8 Å². The van der Waals surface area contributed by atoms with Crippen LogP contribution in [0.4, 0.5) is 31.1 Å². The summed E-state index contributed by atoms with van der Waals surface area (Å²) in [5.74, 6) is 0.869. The number of carbonyl (C=O) groups excluding carboxylic acids is 1. The minimum Gasteiger partial charge on any atom is -0.489 e. The molecule has 3 rings (SSSR count). The Kier molecular flexibility index (Phi) is 8.27. The van der Waals surface area contributed by atoms with Crippen molar-refractivity contribution in [2.24, 2.45) is 10.9 Å². The van der Waals surface area contributed by atoms with Crippen LogP contribution in [0, 0.1) is 5.92 Å². The van der Waals surface area contributed by atoms with Crippen molar-refractivity contribution in [1.29, 1.82) is 0 Å². The van der Waals surface area contributed by atoms with Crippen LogP contribution < -0.4 is 14.8 Å². The van der Waals surface area contributed by atoms with Crippen LogP contribution >= 0.6 is 11.8 Å². The highest BCUT2D eigenvalue weighted by atomic mass is 32.2. The quantitative estimate of drug-likeness (QED) is 0.384. The molecule has 1 N–H and O–H groups in total. The summed E-state index contributed by atoms with van der Waals surface area (Å²) in [7, 11) is 1.62. The number of carbonyl (C=O) groups is 1. The first kappa shape index (κ1) is 27.4. The first-order chi connectivity index (χ1) is 16.8. The number of rotatable bonds is 7. The maximum Gasteiger partial charge on any atom is 0.416 e. The SMILES string of the molecule is CNC1=NC(=O)S/C1=C\c1ccc(OCc2ccc(C(F)(F)F)cc2C(F)(F)F)c(OCC(C)C)c1. The number of halogens is 6. The Morgan fingerprint density at radius 1 is 1.00 bits per heavy atom. The Bertz CT molecular complexity index is 1190. The highest BCUT2D eigenvalue weighted by molar-refractivity contribution is 8.18. The zero-order chi connectivity index (χ0) is 26.7. The second kappa shape index (κ2) is 10.9. The van der Waals surface area contributed by atoms with E-state index in [-0.39, 0.29) is 35.3 Å². The van der Waals surface area contributed by atoms with E-state index in [2.05, 4.69) is 10.3 Å². The Hall–Kier alpha value is -3.15. The number of amidine groups is 1. The third kappa shape index (κ3) is 6.96. The fourth-order valence-corrected chi connectivity index (χ4v) is 3.91. The number of nitrogens with one attached hydrogen (secondary N) is 1. The molecule has 1 aliphatic heterocycles. The van der Waals surface area contributed by atoms with Gasteiger partial charge in [-0.1, -0.05) is 26.0 Å². The van der Waals surface area contributed by atoms with E-state index in [4.69, 9.17) is 9.47 Å². The first-order valence-electron chi connectivity index (χ1n) is 10.6. The minimum absolute atomic E-state index is 0.0750. The third-order valence-electron chi connectivity index (χ3n) is 4.83. The molecule has 5 nitrogen and oxygen atoms in total. The number of hydrogen-bond acceptors (Lipinski definition) is 5. The molecule has 1 heterocycles. The van der Waals surface area contributed by atoms with E-state index in [0.29, 0.717) is 22.4 Å². The monoisotopic (exact) mass is 532 g/mol. The minimum atomic E-state index is -5.00. The normalized spacial score (nSPS) is 15.4. The van der Waals surface area contributed by atoms with Gasteiger partial charge in [0.1, 0.15) is 12.4 Å². The Morgan fingerprint density at radius 2 is 1.72 bits per heavy atom. The van der Waals surface area contributed by atoms with Gasteiger partial charge in [-0.15, -0.1) is 0 Å². The summed E-state index contributed by atoms with van der Waals surface area (Å²) in [5, 5.41) is 2.45. The molecule has 0 saturated carbocycles. The number of ether oxygens (including phenoxy) is 2. The van der Waals surface area contributed by atoms with Crippen molar-refractivity contribution in [1.82, 2.24) is 5.32 Å². The second-order valence-electron chi connectivity index (χ2n) is 8.15. The average molecular weight is 533 g/mol. The number of aliphatic imine (C=N–C) groups is 1. The van der Waals surface area contributed by atoms with Crippen LogP contribution in [0.25, 0.3) is 6.08 Å². The summed E-state index contributed by atoms with van der Waals surface area (Å²) in [4.78, 5) is 16.0. The lowest BCUT2D eigenvalue weighted by atomic mass is 10.0. The molecular formula is C24H22F6N2O3S. The van der Waals surface area contributed by atoms with Crippen molar-refractivity contribution >= 4 is 28.9 Å². The zero-order valence-electron chi connectivity index (χ0n) is 19.4. The maximum atomic E-state index is 13.5. The van der Waals surface area contributed by atoms with Crippen LogP contribution in [-0.2, 0) is 19.0 Å². The van der Waals surface area contributed by atoms with E-state index < -0.39 is 35.6 Å². The summed E-state index contributed by atoms with van der Waals surface area (Å²) in [6.45, 7) is 3.45. The van der Waals surface area contributed by atoms with Gasteiger partial charge < -0.3 is 14.8 Å². The Morgan fingerprint density at radius 3 is 2.33 bits per heavy atom. The van der Waals surface area contributed by atoms with Gasteiger partial charge in [0.25, 0.3) is 0 Å². The number of alkyl halides is 6. The van der Waals surface area contributed by atoms with Gasteiger partial charge in [0.15, 0.2) is 11.5 Å². The van der Waals surface area contributed by atoms with E-state index in [9.17, 15) is 31.1 Å². The maximum absolute atomic E-state index is 13.5. The molecule has 36 heavy (non-hydrogen) atoms. The van der Waals surface area contributed by atoms with E-state index >= 15 is 0 Å². The molecule has 0 spiro atoms. The third-order valence-corrected chi connectivity index (χ3v) is 5.63. The summed E-state index contributed by atoms with van der Waals surface area (Å²) in [6, 6.07) is 6.10. The lowest BCUT2D eigenvalue weighted by Crippen LogP contribution is -2.16. The summed E-state index contributed by atoms with van der Waals surface area (Å²) < 4.78 is 90.6. The van der Waals surface area contributed by atoms with Gasteiger partial charge in [0.2, 0.25) is 0 Å². The highest BCUT2D eigenvalue weighted by Crippen LogP contribution is 2.39. The predicted octanol–water partition coefficient (Wildman–Crippen LogP) is 7.16. The number of amides is 1. The Balaban J connectivity index is 1.91. The number of thioether (sulfide) groups is 1. The molecule has 0 aromatic heterocycles. The largest absolute Gasteiger partial charge is 0.489 e. The van der Waals surface area contributed by atoms with Gasteiger partial charge in [-0.3, -0.25) is 4.79 Å². The summed E-state index contributed by atoms with van der Waals surface area (Å²) >= 11 is 0.933. The van der Waals surface area contributed by atoms with E-state index in [1.54, 1.807) is 25.3 Å². The molecule has 0 unspecified atom stereocenters. The fourth-order valence-electron chi connectivity index (χ4n) is 3.14. The molecule has 1 amide bonds. The van der Waals surface area contributed by atoms with Gasteiger partial charge in [-0.05, 0) is 53.6 Å². The van der Waals surface area contributed by atoms with Crippen molar-refractivity contribution < 1.29 is 40.6 Å². The van der Waals surface area contributed by atoms with Crippen molar-refractivity contribution in [3.63, 3.8) is 0 Å². The number of hydrogen-bond donors (Lipinski definition) is 1. The molecule has 0 bridgehead atoms. The van der Waals surface area contributed by atoms with Gasteiger partial charge in [0, 0.05) is 12.6 Å². The lowest BCUT2D eigenvalue weighted by Gasteiger charge is -2.18. The zero-order valence-corrected chi connectivity index (χ0v) is 20.2. The summed E-state index contributed by atoms with van der Waals surface area (Å²) in [5.41, 5.74) is -2.66. The molecule has 2 aromatic carbocycles. The van der Waals surface area contributed by atoms with Crippen LogP contribution in [-0.4, -0.2) is 24.7 Å². The van der Waals surface area contributed by atoms with E-state index in [1.807, 2.05) is 13.8 Å². The molecule has 194 valence electrons. The molecule has 12 heteroatoms. The topological polar surface area (TPSA) is 59.9 Å². The molecule has 0 aliphatic carbocycles. The molecule has 2 aromatic rings. The van der Waals surface area contributed by atoms with Crippen LogP contribution in [0.2, 0.25) is 0 Å². The van der Waals surface area contributed by atoms with Crippen LogP contribution in [0.15, 0.2) is 46.3 Å². The van der Waals surface area contributed by atoms with Crippen LogP contribution in [0.1, 0.15) is 36.1 Å². The van der Waals surface area contributed by atoms with Crippen molar-refractivity contribution in [3.8, 4) is 11.5 Å². The Labute approximate surface area is 207 Å². The first-order valence-corrected chi connectivity index (χ1v) is 11.5. The lowest BCUT2D eigenvalue weighted by molar-refractivity contribution is -0.143. The average Bonchev–Trinajstić information content (AvgIpc) is 3.14. The van der Waals surface area contributed by atoms with Gasteiger partial charge in [-0.25, -0.2) is 0 Å².